The van der Waals surface area contributed by atoms with Crippen LogP contribution in [-0.4, -0.2) is 86.7 Å². The number of likely N-dealkylation sites (tertiary alicyclic amines) is 1. The fourth-order valence-electron chi connectivity index (χ4n) is 5.05. The minimum Gasteiger partial charge on any atom is -0.316 e. The summed E-state index contributed by atoms with van der Waals surface area (Å²) in [5.41, 5.74) is 0. The lowest BCUT2D eigenvalue weighted by molar-refractivity contribution is 0.0331. The maximum Gasteiger partial charge on any atom is 0.0226 e. The van der Waals surface area contributed by atoms with Crippen LogP contribution < -0.4 is 5.32 Å². The fourth-order valence-corrected chi connectivity index (χ4v) is 5.05. The topological polar surface area (TPSA) is 21.8 Å². The number of fused-ring (bicyclic) bond motifs is 2. The number of nitrogens with zero attached hydrogens (tertiary/aromatic N) is 3. The van der Waals surface area contributed by atoms with Crippen molar-refractivity contribution in [3.05, 3.63) is 0 Å². The van der Waals surface area contributed by atoms with Crippen molar-refractivity contribution < 1.29 is 0 Å². The number of hydrogen-bond donors (Lipinski definition) is 1. The molecule has 4 saturated heterocycles. The van der Waals surface area contributed by atoms with Crippen molar-refractivity contribution >= 4 is 0 Å². The molecule has 0 aliphatic carbocycles. The number of rotatable bonds is 2. The molecular formula is C16H30N4. The van der Waals surface area contributed by atoms with Gasteiger partial charge in [0.2, 0.25) is 0 Å². The van der Waals surface area contributed by atoms with Crippen molar-refractivity contribution in [3.63, 3.8) is 0 Å². The Balaban J connectivity index is 1.30. The zero-order valence-corrected chi connectivity index (χ0v) is 12.9. The van der Waals surface area contributed by atoms with Gasteiger partial charge in [0, 0.05) is 45.3 Å². The predicted molar refractivity (Wildman–Crippen MR) is 81.9 cm³/mol. The molecule has 4 aliphatic rings. The van der Waals surface area contributed by atoms with Crippen LogP contribution >= 0.6 is 0 Å². The molecule has 0 aromatic rings. The van der Waals surface area contributed by atoms with E-state index in [-0.39, 0.29) is 0 Å². The zero-order valence-electron chi connectivity index (χ0n) is 12.9. The number of piperazine rings is 1. The molecule has 0 bridgehead atoms. The Morgan fingerprint density at radius 1 is 1.00 bits per heavy atom. The van der Waals surface area contributed by atoms with E-state index in [1.807, 2.05) is 0 Å². The lowest BCUT2D eigenvalue weighted by Crippen LogP contribution is -2.55. The molecule has 0 aromatic carbocycles. The standard InChI is InChI=1S/C16H30N4/c1-18-4-5-20-3-2-13(6-16(20)12-18)9-19-10-14-7-17-8-15(14)11-19/h13-17H,2-12H2,1H3. The van der Waals surface area contributed by atoms with E-state index in [0.717, 1.165) is 23.8 Å². The number of nitrogens with one attached hydrogen (secondary N) is 1. The highest BCUT2D eigenvalue weighted by Crippen LogP contribution is 2.30. The first kappa shape index (κ1) is 13.5. The largest absolute Gasteiger partial charge is 0.316 e. The Kier molecular flexibility index (Phi) is 3.75. The van der Waals surface area contributed by atoms with Crippen LogP contribution in [0.25, 0.3) is 0 Å². The molecule has 114 valence electrons. The number of piperidine rings is 1. The average Bonchev–Trinajstić information content (AvgIpc) is 2.99. The van der Waals surface area contributed by atoms with E-state index in [0.29, 0.717) is 0 Å². The maximum absolute atomic E-state index is 3.55. The molecular weight excluding hydrogens is 248 g/mol. The first-order valence-corrected chi connectivity index (χ1v) is 8.63. The van der Waals surface area contributed by atoms with Crippen LogP contribution in [0.15, 0.2) is 0 Å². The normalized spacial score (nSPS) is 43.6. The van der Waals surface area contributed by atoms with Gasteiger partial charge >= 0.3 is 0 Å². The second-order valence-corrected chi connectivity index (χ2v) is 7.74. The molecule has 0 amide bonds. The molecule has 0 saturated carbocycles. The van der Waals surface area contributed by atoms with Gasteiger partial charge in [0.25, 0.3) is 0 Å². The van der Waals surface area contributed by atoms with E-state index in [1.54, 1.807) is 0 Å². The fraction of sp³-hybridized carbons (Fsp3) is 1.00. The summed E-state index contributed by atoms with van der Waals surface area (Å²) in [6.45, 7) is 11.9. The summed E-state index contributed by atoms with van der Waals surface area (Å²) in [6.07, 6.45) is 2.87. The molecule has 4 aliphatic heterocycles. The molecule has 1 N–H and O–H groups in total. The predicted octanol–water partition coefficient (Wildman–Crippen LogP) is 0.164. The Morgan fingerprint density at radius 2 is 1.80 bits per heavy atom. The first-order valence-electron chi connectivity index (χ1n) is 8.63. The highest BCUT2D eigenvalue weighted by molar-refractivity contribution is 4.93. The average molecular weight is 278 g/mol. The second kappa shape index (κ2) is 5.56. The Labute approximate surface area is 123 Å². The van der Waals surface area contributed by atoms with Crippen molar-refractivity contribution in [1.82, 2.24) is 20.0 Å². The third-order valence-corrected chi connectivity index (χ3v) is 6.22. The quantitative estimate of drug-likeness (QED) is 0.777. The summed E-state index contributed by atoms with van der Waals surface area (Å²) in [7, 11) is 2.29. The molecule has 4 unspecified atom stereocenters. The van der Waals surface area contributed by atoms with E-state index >= 15 is 0 Å². The van der Waals surface area contributed by atoms with E-state index in [4.69, 9.17) is 0 Å². The van der Waals surface area contributed by atoms with Crippen LogP contribution in [0, 0.1) is 17.8 Å². The molecule has 0 aromatic heterocycles. The van der Waals surface area contributed by atoms with Crippen molar-refractivity contribution in [2.45, 2.75) is 18.9 Å². The SMILES string of the molecule is CN1CCN2CCC(CN3CC4CNCC4C3)CC2C1. The van der Waals surface area contributed by atoms with Gasteiger partial charge in [-0.1, -0.05) is 0 Å². The lowest BCUT2D eigenvalue weighted by Gasteiger charge is -2.46. The Bertz CT molecular complexity index is 335. The first-order chi connectivity index (χ1) is 9.78. The van der Waals surface area contributed by atoms with Crippen molar-refractivity contribution in [1.29, 1.82) is 0 Å². The lowest BCUT2D eigenvalue weighted by atomic mass is 9.89. The Hall–Kier alpha value is -0.160. The van der Waals surface area contributed by atoms with Crippen LogP contribution in [0.5, 0.6) is 0 Å². The van der Waals surface area contributed by atoms with E-state index in [2.05, 4.69) is 27.1 Å². The minimum atomic E-state index is 0.844. The minimum absolute atomic E-state index is 0.844. The van der Waals surface area contributed by atoms with Crippen LogP contribution in [0.2, 0.25) is 0 Å². The summed E-state index contributed by atoms with van der Waals surface area (Å²) in [4.78, 5) is 8.05. The van der Waals surface area contributed by atoms with Gasteiger partial charge in [-0.2, -0.15) is 0 Å². The highest BCUT2D eigenvalue weighted by Gasteiger charge is 2.38. The van der Waals surface area contributed by atoms with Crippen molar-refractivity contribution in [3.8, 4) is 0 Å². The summed E-state index contributed by atoms with van der Waals surface area (Å²) >= 11 is 0. The smallest absolute Gasteiger partial charge is 0.0226 e. The van der Waals surface area contributed by atoms with E-state index in [9.17, 15) is 0 Å². The van der Waals surface area contributed by atoms with Crippen LogP contribution in [0.1, 0.15) is 12.8 Å². The van der Waals surface area contributed by atoms with Gasteiger partial charge in [-0.15, -0.1) is 0 Å². The van der Waals surface area contributed by atoms with E-state index in [1.165, 1.54) is 71.7 Å². The summed E-state index contributed by atoms with van der Waals surface area (Å²) < 4.78 is 0. The summed E-state index contributed by atoms with van der Waals surface area (Å²) in [5, 5.41) is 3.55. The molecule has 4 fully saturated rings. The highest BCUT2D eigenvalue weighted by atomic mass is 15.3. The third kappa shape index (κ3) is 2.63. The zero-order chi connectivity index (χ0) is 13.5. The van der Waals surface area contributed by atoms with Gasteiger partial charge in [-0.25, -0.2) is 0 Å². The van der Waals surface area contributed by atoms with Gasteiger partial charge in [-0.3, -0.25) is 4.90 Å². The van der Waals surface area contributed by atoms with Gasteiger partial charge in [-0.05, 0) is 57.3 Å². The van der Waals surface area contributed by atoms with E-state index < -0.39 is 0 Å². The molecule has 0 radical (unpaired) electrons. The molecule has 4 nitrogen and oxygen atoms in total. The summed E-state index contributed by atoms with van der Waals surface area (Å²) in [6, 6.07) is 0.844. The Morgan fingerprint density at radius 3 is 2.60 bits per heavy atom. The van der Waals surface area contributed by atoms with Gasteiger partial charge in [0.05, 0.1) is 0 Å². The number of hydrogen-bond acceptors (Lipinski definition) is 4. The van der Waals surface area contributed by atoms with Gasteiger partial charge in [0.1, 0.15) is 0 Å². The third-order valence-electron chi connectivity index (χ3n) is 6.22. The van der Waals surface area contributed by atoms with Gasteiger partial charge in [0.15, 0.2) is 0 Å². The molecule has 4 atom stereocenters. The molecule has 4 heterocycles. The molecule has 4 rings (SSSR count). The van der Waals surface area contributed by atoms with Gasteiger partial charge < -0.3 is 15.1 Å². The van der Waals surface area contributed by atoms with Crippen LogP contribution in [0.4, 0.5) is 0 Å². The summed E-state index contributed by atoms with van der Waals surface area (Å²) in [5.74, 6) is 2.86. The molecule has 4 heteroatoms. The monoisotopic (exact) mass is 278 g/mol. The van der Waals surface area contributed by atoms with Crippen LogP contribution in [-0.2, 0) is 0 Å². The van der Waals surface area contributed by atoms with Crippen LogP contribution in [0.3, 0.4) is 0 Å². The molecule has 0 spiro atoms. The number of likely N-dealkylation sites (N-methyl/N-ethyl adjacent to an activating group) is 1. The maximum atomic E-state index is 3.55. The van der Waals surface area contributed by atoms with Crippen molar-refractivity contribution in [2.75, 3.05) is 66.0 Å². The van der Waals surface area contributed by atoms with Crippen molar-refractivity contribution in [2.24, 2.45) is 17.8 Å². The second-order valence-electron chi connectivity index (χ2n) is 7.74. The molecule has 20 heavy (non-hydrogen) atoms.